The van der Waals surface area contributed by atoms with E-state index >= 15 is 0 Å². The van der Waals surface area contributed by atoms with E-state index in [0.29, 0.717) is 46.6 Å². The molecule has 1 saturated carbocycles. The average Bonchev–Trinajstić information content (AvgIpc) is 3.66. The van der Waals surface area contributed by atoms with Crippen molar-refractivity contribution in [1.82, 2.24) is 25.2 Å². The van der Waals surface area contributed by atoms with Crippen LogP contribution in [-0.4, -0.2) is 91.5 Å². The van der Waals surface area contributed by atoms with Crippen LogP contribution in [0.15, 0.2) is 36.5 Å². The zero-order valence-electron chi connectivity index (χ0n) is 30.1. The van der Waals surface area contributed by atoms with Gasteiger partial charge in [0.1, 0.15) is 13.9 Å². The molecule has 1 aromatic carbocycles. The predicted octanol–water partition coefficient (Wildman–Crippen LogP) is 6.70. The second kappa shape index (κ2) is 13.5. The largest absolute Gasteiger partial charge is 0.378 e. The van der Waals surface area contributed by atoms with Gasteiger partial charge in [0.2, 0.25) is 5.95 Å². The molecule has 2 N–H and O–H groups in total. The van der Waals surface area contributed by atoms with Crippen molar-refractivity contribution in [3.05, 3.63) is 42.1 Å². The van der Waals surface area contributed by atoms with Crippen molar-refractivity contribution in [3.63, 3.8) is 0 Å². The molecule has 0 atom stereocenters. The molecule has 3 aromatic rings. The van der Waals surface area contributed by atoms with Gasteiger partial charge >= 0.3 is 6.03 Å². The van der Waals surface area contributed by atoms with Crippen molar-refractivity contribution in [2.45, 2.75) is 95.4 Å². The summed E-state index contributed by atoms with van der Waals surface area (Å²) in [6.45, 7) is 20.5. The Kier molecular flexibility index (Phi) is 9.32. The molecular formula is C38H52N8O2Si. The molecule has 5 heterocycles. The molecule has 0 radical (unpaired) electrons. The number of nitrogens with zero attached hydrogens (tertiary/aromatic N) is 6. The number of carbonyl (C=O) groups is 1. The summed E-state index contributed by atoms with van der Waals surface area (Å²) in [6.07, 6.45) is 5.99. The van der Waals surface area contributed by atoms with Crippen molar-refractivity contribution >= 4 is 48.3 Å². The molecular weight excluding hydrogens is 629 g/mol. The normalized spacial score (nSPS) is 20.0. The molecule has 4 fully saturated rings. The van der Waals surface area contributed by atoms with Crippen molar-refractivity contribution in [2.75, 3.05) is 61.1 Å². The van der Waals surface area contributed by atoms with Gasteiger partial charge in [-0.15, -0.1) is 5.54 Å². The van der Waals surface area contributed by atoms with Crippen LogP contribution in [0.25, 0.3) is 11.0 Å². The highest BCUT2D eigenvalue weighted by molar-refractivity contribution is 6.90. The fourth-order valence-electron chi connectivity index (χ4n) is 8.94. The first-order valence-corrected chi connectivity index (χ1v) is 20.6. The third-order valence-corrected chi connectivity index (χ3v) is 18.1. The Hall–Kier alpha value is -3.72. The van der Waals surface area contributed by atoms with Crippen molar-refractivity contribution in [3.8, 4) is 11.5 Å². The summed E-state index contributed by atoms with van der Waals surface area (Å²) in [5.74, 6) is 4.74. The number of anilines is 4. The standard InChI is InChI=1S/C38H52N8O2Si/c1-26(2)49(27(3)4,28(5)6)20-13-29-21-34(46-37(47)40-25-38(46)14-7-8-15-38)42-35-33(29)22-39-36(43-35)41-30-9-11-31(12-10-30)44-16-18-45(19-17-44)32-23-48-24-32/h9-12,21-22,26-28,32H,7-8,14-19,23-25H2,1-6H3,(H,40,47)(H,39,41,42,43). The highest BCUT2D eigenvalue weighted by Gasteiger charge is 2.49. The molecule has 2 amide bonds. The van der Waals surface area contributed by atoms with Crippen LogP contribution in [0.1, 0.15) is 72.8 Å². The van der Waals surface area contributed by atoms with Gasteiger partial charge in [-0.05, 0) is 59.8 Å². The van der Waals surface area contributed by atoms with Crippen LogP contribution in [-0.2, 0) is 4.74 Å². The Morgan fingerprint density at radius 2 is 1.63 bits per heavy atom. The van der Waals surface area contributed by atoms with Gasteiger partial charge in [-0.1, -0.05) is 60.3 Å². The number of urea groups is 1. The van der Waals surface area contributed by atoms with E-state index in [2.05, 4.69) is 97.7 Å². The van der Waals surface area contributed by atoms with E-state index < -0.39 is 8.07 Å². The molecule has 3 saturated heterocycles. The van der Waals surface area contributed by atoms with Crippen molar-refractivity contribution < 1.29 is 9.53 Å². The Balaban J connectivity index is 1.20. The third kappa shape index (κ3) is 6.28. The zero-order chi connectivity index (χ0) is 34.3. The highest BCUT2D eigenvalue weighted by atomic mass is 28.3. The van der Waals surface area contributed by atoms with Crippen LogP contribution in [0, 0.1) is 11.5 Å². The van der Waals surface area contributed by atoms with Gasteiger partial charge in [0.05, 0.1) is 30.2 Å². The summed E-state index contributed by atoms with van der Waals surface area (Å²) < 4.78 is 5.39. The maximum absolute atomic E-state index is 13.4. The SMILES string of the molecule is CC(C)[Si](C#Cc1cc(N2C(=O)NCC23CCCC3)nc2nc(Nc3ccc(N4CCN(C5COC5)CC4)cc3)ncc12)(C(C)C)C(C)C. The lowest BCUT2D eigenvalue weighted by Crippen LogP contribution is -2.56. The summed E-state index contributed by atoms with van der Waals surface area (Å²) in [5, 5.41) is 7.33. The maximum atomic E-state index is 13.4. The van der Waals surface area contributed by atoms with Gasteiger partial charge in [0.15, 0.2) is 5.65 Å². The number of aromatic nitrogens is 3. The van der Waals surface area contributed by atoms with E-state index in [4.69, 9.17) is 19.7 Å². The minimum Gasteiger partial charge on any atom is -0.378 e. The number of pyridine rings is 1. The maximum Gasteiger partial charge on any atom is 0.323 e. The molecule has 2 aromatic heterocycles. The Morgan fingerprint density at radius 1 is 0.959 bits per heavy atom. The van der Waals surface area contributed by atoms with Gasteiger partial charge in [0, 0.05) is 55.9 Å². The summed E-state index contributed by atoms with van der Waals surface area (Å²) in [6, 6.07) is 11.0. The van der Waals surface area contributed by atoms with Crippen molar-refractivity contribution in [2.24, 2.45) is 0 Å². The smallest absolute Gasteiger partial charge is 0.323 e. The number of nitrogens with one attached hydrogen (secondary N) is 2. The number of carbonyl (C=O) groups excluding carboxylic acids is 1. The fourth-order valence-corrected chi connectivity index (χ4v) is 14.2. The van der Waals surface area contributed by atoms with Gasteiger partial charge in [-0.3, -0.25) is 9.80 Å². The molecule has 3 aliphatic heterocycles. The quantitative estimate of drug-likeness (QED) is 0.200. The van der Waals surface area contributed by atoms with E-state index in [9.17, 15) is 4.79 Å². The highest BCUT2D eigenvalue weighted by Crippen LogP contribution is 2.42. The van der Waals surface area contributed by atoms with Gasteiger partial charge in [-0.2, -0.15) is 4.98 Å². The molecule has 49 heavy (non-hydrogen) atoms. The third-order valence-electron chi connectivity index (χ3n) is 11.8. The Bertz CT molecular complexity index is 1710. The molecule has 0 bridgehead atoms. The number of amides is 2. The minimum atomic E-state index is -2.02. The van der Waals surface area contributed by atoms with Crippen LogP contribution in [0.4, 0.5) is 27.9 Å². The van der Waals surface area contributed by atoms with E-state index in [0.717, 1.165) is 81.7 Å². The first kappa shape index (κ1) is 33.8. The van der Waals surface area contributed by atoms with Crippen LogP contribution in [0.2, 0.25) is 16.6 Å². The first-order chi connectivity index (χ1) is 23.6. The first-order valence-electron chi connectivity index (χ1n) is 18.3. The van der Waals surface area contributed by atoms with Crippen LogP contribution >= 0.6 is 0 Å². The fraction of sp³-hybridized carbons (Fsp3) is 0.579. The monoisotopic (exact) mass is 680 g/mol. The lowest BCUT2D eigenvalue weighted by molar-refractivity contribution is -0.0660. The number of benzene rings is 1. The summed E-state index contributed by atoms with van der Waals surface area (Å²) in [7, 11) is -2.02. The van der Waals surface area contributed by atoms with Gasteiger partial charge in [-0.25, -0.2) is 14.8 Å². The lowest BCUT2D eigenvalue weighted by Gasteiger charge is -2.43. The molecule has 4 aliphatic rings. The van der Waals surface area contributed by atoms with Gasteiger partial charge in [0.25, 0.3) is 0 Å². The van der Waals surface area contributed by atoms with Crippen molar-refractivity contribution in [1.29, 1.82) is 0 Å². The van der Waals surface area contributed by atoms with E-state index in [1.54, 1.807) is 0 Å². The average molecular weight is 681 g/mol. The molecule has 7 rings (SSSR count). The second-order valence-corrected chi connectivity index (χ2v) is 21.0. The van der Waals surface area contributed by atoms with Gasteiger partial charge < -0.3 is 20.3 Å². The molecule has 1 spiro atoms. The Labute approximate surface area is 292 Å². The Morgan fingerprint density at radius 3 is 2.24 bits per heavy atom. The van der Waals surface area contributed by atoms with E-state index in [-0.39, 0.29) is 11.6 Å². The van der Waals surface area contributed by atoms with Crippen LogP contribution < -0.4 is 20.4 Å². The minimum absolute atomic E-state index is 0.0890. The second-order valence-electron chi connectivity index (χ2n) is 15.4. The summed E-state index contributed by atoms with van der Waals surface area (Å²) >= 11 is 0. The number of piperazine rings is 1. The summed E-state index contributed by atoms with van der Waals surface area (Å²) in [5.41, 5.74) is 8.67. The van der Waals surface area contributed by atoms with Crippen LogP contribution in [0.3, 0.4) is 0 Å². The zero-order valence-corrected chi connectivity index (χ0v) is 31.1. The lowest BCUT2D eigenvalue weighted by atomic mass is 9.97. The molecule has 260 valence electrons. The van der Waals surface area contributed by atoms with Crippen LogP contribution in [0.5, 0.6) is 0 Å². The molecule has 10 nitrogen and oxygen atoms in total. The van der Waals surface area contributed by atoms with E-state index in [1.165, 1.54) is 5.69 Å². The predicted molar refractivity (Wildman–Crippen MR) is 200 cm³/mol. The number of hydrogen-bond donors (Lipinski definition) is 2. The number of rotatable bonds is 8. The van der Waals surface area contributed by atoms with E-state index in [1.807, 2.05) is 17.2 Å². The number of ether oxygens (including phenoxy) is 1. The molecule has 11 heteroatoms. The number of fused-ring (bicyclic) bond motifs is 1. The topological polar surface area (TPSA) is 98.8 Å². The summed E-state index contributed by atoms with van der Waals surface area (Å²) in [4.78, 5) is 35.0. The molecule has 0 unspecified atom stereocenters. The molecule has 1 aliphatic carbocycles. The number of hydrogen-bond acceptors (Lipinski definition) is 8.